The van der Waals surface area contributed by atoms with E-state index in [-0.39, 0.29) is 5.56 Å². The van der Waals surface area contributed by atoms with E-state index in [1.165, 1.54) is 12.1 Å². The molecule has 0 radical (unpaired) electrons. The third-order valence-corrected chi connectivity index (χ3v) is 1.17. The fraction of sp³-hybridized carbons (Fsp3) is 0.222. The maximum atomic E-state index is 11.5. The minimum atomic E-state index is -2.44. The van der Waals surface area contributed by atoms with Gasteiger partial charge < -0.3 is 0 Å². The van der Waals surface area contributed by atoms with Crippen LogP contribution in [0.4, 0.5) is 0 Å². The fourth-order valence-corrected chi connectivity index (χ4v) is 0.673. The van der Waals surface area contributed by atoms with Gasteiger partial charge in [0, 0.05) is 17.4 Å². The van der Waals surface area contributed by atoms with Gasteiger partial charge in [0.25, 0.3) is 0 Å². The van der Waals surface area contributed by atoms with Crippen molar-refractivity contribution in [2.24, 2.45) is 0 Å². The van der Waals surface area contributed by atoms with Crippen molar-refractivity contribution in [1.82, 2.24) is 0 Å². The Morgan fingerprint density at radius 1 is 1.60 bits per heavy atom. The number of ketones is 1. The first-order valence-corrected chi connectivity index (χ1v) is 2.90. The van der Waals surface area contributed by atoms with Crippen molar-refractivity contribution < 1.29 is 10.3 Å². The van der Waals surface area contributed by atoms with Crippen LogP contribution >= 0.6 is 0 Å². The van der Waals surface area contributed by atoms with Crippen LogP contribution in [0.3, 0.4) is 0 Å². The van der Waals surface area contributed by atoms with Gasteiger partial charge in [-0.25, -0.2) is 0 Å². The molecule has 0 aliphatic heterocycles. The summed E-state index contributed by atoms with van der Waals surface area (Å²) < 4.78 is 28.4. The lowest BCUT2D eigenvalue weighted by Crippen LogP contribution is -1.94. The van der Waals surface area contributed by atoms with E-state index in [4.69, 9.17) is 5.48 Å². The molecule has 0 N–H and O–H groups in total. The van der Waals surface area contributed by atoms with E-state index >= 15 is 0 Å². The number of benzene rings is 1. The monoisotopic (exact) mass is 138 g/mol. The smallest absolute Gasteiger partial charge is 0.162 e. The first kappa shape index (κ1) is 3.33. The lowest BCUT2D eigenvalue weighted by Gasteiger charge is -1.93. The SMILES string of the molecule is [2H]C([2H])C([2H])([2H])C(=O)c1ccccc1. The Kier molecular flexibility index (Phi) is 1.05. The Morgan fingerprint density at radius 2 is 2.30 bits per heavy atom. The summed E-state index contributed by atoms with van der Waals surface area (Å²) in [5, 5.41) is 0. The maximum Gasteiger partial charge on any atom is 0.162 e. The van der Waals surface area contributed by atoms with Crippen LogP contribution in [0, 0.1) is 0 Å². The molecule has 1 heteroatoms. The van der Waals surface area contributed by atoms with Crippen LogP contribution in [-0.2, 0) is 0 Å². The van der Waals surface area contributed by atoms with Gasteiger partial charge in [-0.2, -0.15) is 0 Å². The molecule has 0 aromatic heterocycles. The summed E-state index contributed by atoms with van der Waals surface area (Å²) in [6, 6.07) is 7.90. The quantitative estimate of drug-likeness (QED) is 0.573. The summed E-state index contributed by atoms with van der Waals surface area (Å²) in [5.41, 5.74) is 0.196. The maximum absolute atomic E-state index is 11.5. The topological polar surface area (TPSA) is 17.1 Å². The zero-order valence-electron chi connectivity index (χ0n) is 9.37. The molecule has 0 aliphatic carbocycles. The molecule has 10 heavy (non-hydrogen) atoms. The van der Waals surface area contributed by atoms with Crippen LogP contribution < -0.4 is 0 Å². The van der Waals surface area contributed by atoms with Crippen LogP contribution in [-0.4, -0.2) is 5.78 Å². The zero-order chi connectivity index (χ0) is 10.8. The molecule has 52 valence electrons. The molecule has 0 saturated heterocycles. The van der Waals surface area contributed by atoms with E-state index in [2.05, 4.69) is 0 Å². The summed E-state index contributed by atoms with van der Waals surface area (Å²) in [6.07, 6.45) is -2.44. The lowest BCUT2D eigenvalue weighted by molar-refractivity contribution is 0.0988. The molecule has 0 atom stereocenters. The second kappa shape index (κ2) is 3.16. The van der Waals surface area contributed by atoms with Crippen molar-refractivity contribution >= 4 is 5.78 Å². The number of hydrogen-bond donors (Lipinski definition) is 0. The van der Waals surface area contributed by atoms with Gasteiger partial charge >= 0.3 is 0 Å². The average molecular weight is 138 g/mol. The van der Waals surface area contributed by atoms with E-state index in [0.717, 1.165) is 0 Å². The predicted molar refractivity (Wildman–Crippen MR) is 41.1 cm³/mol. The molecular weight excluding hydrogens is 124 g/mol. The van der Waals surface area contributed by atoms with Crippen molar-refractivity contribution in [3.63, 3.8) is 0 Å². The Bertz CT molecular complexity index is 321. The third-order valence-electron chi connectivity index (χ3n) is 1.17. The molecule has 0 saturated carbocycles. The van der Waals surface area contributed by atoms with Crippen molar-refractivity contribution in [3.05, 3.63) is 35.9 Å². The van der Waals surface area contributed by atoms with Crippen LogP contribution in [0.1, 0.15) is 29.1 Å². The van der Waals surface area contributed by atoms with Crippen LogP contribution in [0.25, 0.3) is 0 Å². The summed E-state index contributed by atoms with van der Waals surface area (Å²) in [4.78, 5) is 11.5. The third kappa shape index (κ3) is 1.44. The highest BCUT2D eigenvalue weighted by molar-refractivity contribution is 5.95. The fourth-order valence-electron chi connectivity index (χ4n) is 0.673. The molecule has 1 rings (SSSR count). The standard InChI is InChI=1S/C9H10O/c1-2-9(10)8-6-4-3-5-7-8/h3-7H,2H2,1H3/i1D2,2D2. The van der Waals surface area contributed by atoms with Gasteiger partial charge in [0.2, 0.25) is 0 Å². The van der Waals surface area contributed by atoms with E-state index in [9.17, 15) is 4.79 Å². The molecule has 0 amide bonds. The molecule has 0 unspecified atom stereocenters. The van der Waals surface area contributed by atoms with Crippen molar-refractivity contribution in [2.75, 3.05) is 0 Å². The van der Waals surface area contributed by atoms with Crippen LogP contribution in [0.5, 0.6) is 0 Å². The molecular formula is C9H10O. The predicted octanol–water partition coefficient (Wildman–Crippen LogP) is 2.28. The summed E-state index contributed by atoms with van der Waals surface area (Å²) >= 11 is 0. The first-order valence-electron chi connectivity index (χ1n) is 5.06. The Hall–Kier alpha value is -1.11. The van der Waals surface area contributed by atoms with Crippen LogP contribution in [0.15, 0.2) is 30.3 Å². The molecule has 0 heterocycles. The Labute approximate surface area is 66.3 Å². The second-order valence-electron chi connectivity index (χ2n) is 1.84. The first-order chi connectivity index (χ1) is 6.46. The number of rotatable bonds is 2. The largest absolute Gasteiger partial charge is 0.294 e. The highest BCUT2D eigenvalue weighted by Crippen LogP contribution is 2.01. The number of carbonyl (C=O) groups excluding carboxylic acids is 1. The number of carbonyl (C=O) groups is 1. The normalized spacial score (nSPS) is 16.9. The van der Waals surface area contributed by atoms with Gasteiger partial charge in [-0.05, 0) is 0 Å². The molecule has 1 aromatic carbocycles. The summed E-state index contributed by atoms with van der Waals surface area (Å²) in [5.74, 6) is -0.812. The number of hydrogen-bond acceptors (Lipinski definition) is 1. The minimum Gasteiger partial charge on any atom is -0.294 e. The molecule has 0 bridgehead atoms. The molecule has 0 spiro atoms. The van der Waals surface area contributed by atoms with Gasteiger partial charge in [0.05, 0.1) is 0 Å². The molecule has 1 nitrogen and oxygen atoms in total. The Morgan fingerprint density at radius 3 is 2.90 bits per heavy atom. The van der Waals surface area contributed by atoms with Crippen LogP contribution in [0.2, 0.25) is 0 Å². The minimum absolute atomic E-state index is 0.196. The summed E-state index contributed by atoms with van der Waals surface area (Å²) in [7, 11) is 0. The second-order valence-corrected chi connectivity index (χ2v) is 1.84. The van der Waals surface area contributed by atoms with Crippen molar-refractivity contribution in [2.45, 2.75) is 13.2 Å². The lowest BCUT2D eigenvalue weighted by atomic mass is 10.1. The van der Waals surface area contributed by atoms with Crippen molar-refractivity contribution in [3.8, 4) is 0 Å². The van der Waals surface area contributed by atoms with E-state index in [0.29, 0.717) is 0 Å². The Balaban J connectivity index is 2.97. The van der Waals surface area contributed by atoms with E-state index in [1.807, 2.05) is 0 Å². The number of Topliss-reactive ketones (excluding diaryl/α,β-unsaturated/α-hetero) is 1. The molecule has 0 fully saturated rings. The highest BCUT2D eigenvalue weighted by atomic mass is 16.1. The van der Waals surface area contributed by atoms with Gasteiger partial charge in [-0.1, -0.05) is 37.2 Å². The zero-order valence-corrected chi connectivity index (χ0v) is 5.37. The molecule has 0 aliphatic rings. The molecule has 1 aromatic rings. The van der Waals surface area contributed by atoms with Gasteiger partial charge in [0.15, 0.2) is 5.78 Å². The van der Waals surface area contributed by atoms with E-state index in [1.54, 1.807) is 18.2 Å². The summed E-state index contributed by atoms with van der Waals surface area (Å²) in [6.45, 7) is -1.81. The van der Waals surface area contributed by atoms with Gasteiger partial charge in [-0.15, -0.1) is 0 Å². The van der Waals surface area contributed by atoms with Gasteiger partial charge in [-0.3, -0.25) is 4.79 Å². The average Bonchev–Trinajstić information content (AvgIpc) is 2.17. The highest BCUT2D eigenvalue weighted by Gasteiger charge is 1.98. The van der Waals surface area contributed by atoms with E-state index < -0.39 is 19.0 Å². The van der Waals surface area contributed by atoms with Crippen molar-refractivity contribution in [1.29, 1.82) is 0 Å². The van der Waals surface area contributed by atoms with Gasteiger partial charge in [0.1, 0.15) is 0 Å².